The summed E-state index contributed by atoms with van der Waals surface area (Å²) in [6.07, 6.45) is 6.14. The van der Waals surface area contributed by atoms with Crippen molar-refractivity contribution in [2.75, 3.05) is 6.61 Å². The number of oxime groups is 1. The molecule has 1 rings (SSSR count). The standard InChI is InChI=1S/C10H17NO/c1-9(2)8-12-11-10-6-4-3-5-7-10/h1,3-8H2,2H3. The topological polar surface area (TPSA) is 21.6 Å². The molecule has 0 radical (unpaired) electrons. The number of rotatable bonds is 3. The Bertz CT molecular complexity index is 176. The van der Waals surface area contributed by atoms with Crippen molar-refractivity contribution in [3.8, 4) is 0 Å². The fraction of sp³-hybridized carbons (Fsp3) is 0.700. The third-order valence-corrected chi connectivity index (χ3v) is 1.94. The fourth-order valence-corrected chi connectivity index (χ4v) is 1.28. The van der Waals surface area contributed by atoms with Crippen molar-refractivity contribution in [1.29, 1.82) is 0 Å². The Kier molecular flexibility index (Phi) is 3.85. The predicted octanol–water partition coefficient (Wildman–Crippen LogP) is 2.90. The number of hydrogen-bond acceptors (Lipinski definition) is 2. The molecular formula is C10H17NO. The van der Waals surface area contributed by atoms with E-state index in [4.69, 9.17) is 4.84 Å². The van der Waals surface area contributed by atoms with Gasteiger partial charge in [-0.25, -0.2) is 0 Å². The maximum Gasteiger partial charge on any atom is 0.137 e. The lowest BCUT2D eigenvalue weighted by atomic mass is 9.99. The van der Waals surface area contributed by atoms with Crippen LogP contribution in [0.15, 0.2) is 17.3 Å². The van der Waals surface area contributed by atoms with Crippen LogP contribution < -0.4 is 0 Å². The van der Waals surface area contributed by atoms with E-state index in [0.29, 0.717) is 6.61 Å². The molecule has 0 aromatic heterocycles. The third kappa shape index (κ3) is 3.56. The summed E-state index contributed by atoms with van der Waals surface area (Å²) in [6.45, 7) is 6.25. The minimum absolute atomic E-state index is 0.559. The van der Waals surface area contributed by atoms with Crippen molar-refractivity contribution in [1.82, 2.24) is 0 Å². The molecule has 0 aromatic carbocycles. The van der Waals surface area contributed by atoms with Crippen LogP contribution in [0.3, 0.4) is 0 Å². The van der Waals surface area contributed by atoms with Crippen molar-refractivity contribution in [2.24, 2.45) is 5.16 Å². The minimum atomic E-state index is 0.559. The third-order valence-electron chi connectivity index (χ3n) is 1.94. The molecular weight excluding hydrogens is 150 g/mol. The molecule has 0 amide bonds. The van der Waals surface area contributed by atoms with Gasteiger partial charge in [0.15, 0.2) is 0 Å². The van der Waals surface area contributed by atoms with Gasteiger partial charge in [-0.2, -0.15) is 0 Å². The lowest BCUT2D eigenvalue weighted by Crippen LogP contribution is -2.05. The van der Waals surface area contributed by atoms with Crippen LogP contribution in [0, 0.1) is 0 Å². The second kappa shape index (κ2) is 4.96. The van der Waals surface area contributed by atoms with Crippen LogP contribution in [0.2, 0.25) is 0 Å². The summed E-state index contributed by atoms with van der Waals surface area (Å²) in [5.41, 5.74) is 2.25. The van der Waals surface area contributed by atoms with Gasteiger partial charge in [0, 0.05) is 0 Å². The largest absolute Gasteiger partial charge is 0.391 e. The second-order valence-electron chi connectivity index (χ2n) is 3.45. The van der Waals surface area contributed by atoms with E-state index < -0.39 is 0 Å². The first kappa shape index (κ1) is 9.30. The van der Waals surface area contributed by atoms with Crippen molar-refractivity contribution >= 4 is 5.71 Å². The molecule has 1 saturated carbocycles. The molecule has 1 fully saturated rings. The van der Waals surface area contributed by atoms with E-state index in [0.717, 1.165) is 18.4 Å². The van der Waals surface area contributed by atoms with Crippen molar-refractivity contribution in [2.45, 2.75) is 39.0 Å². The summed E-state index contributed by atoms with van der Waals surface area (Å²) in [5.74, 6) is 0. The average Bonchev–Trinajstić information content (AvgIpc) is 2.05. The van der Waals surface area contributed by atoms with E-state index in [1.54, 1.807) is 0 Å². The first-order chi connectivity index (χ1) is 5.79. The van der Waals surface area contributed by atoms with Gasteiger partial charge in [0.05, 0.1) is 5.71 Å². The number of nitrogens with zero attached hydrogens (tertiary/aromatic N) is 1. The van der Waals surface area contributed by atoms with Gasteiger partial charge in [-0.05, 0) is 38.2 Å². The Balaban J connectivity index is 2.20. The molecule has 68 valence electrons. The summed E-state index contributed by atoms with van der Waals surface area (Å²) in [4.78, 5) is 5.12. The first-order valence-electron chi connectivity index (χ1n) is 4.61. The highest BCUT2D eigenvalue weighted by Gasteiger charge is 2.06. The Morgan fingerprint density at radius 1 is 1.42 bits per heavy atom. The Labute approximate surface area is 74.3 Å². The van der Waals surface area contributed by atoms with Gasteiger partial charge in [-0.1, -0.05) is 18.2 Å². The second-order valence-corrected chi connectivity index (χ2v) is 3.45. The molecule has 0 aliphatic heterocycles. The smallest absolute Gasteiger partial charge is 0.137 e. The predicted molar refractivity (Wildman–Crippen MR) is 51.3 cm³/mol. The zero-order valence-electron chi connectivity index (χ0n) is 7.81. The van der Waals surface area contributed by atoms with Crippen molar-refractivity contribution in [3.05, 3.63) is 12.2 Å². The fourth-order valence-electron chi connectivity index (χ4n) is 1.28. The normalized spacial score (nSPS) is 17.2. The van der Waals surface area contributed by atoms with E-state index in [2.05, 4.69) is 11.7 Å². The Morgan fingerprint density at radius 3 is 2.67 bits per heavy atom. The van der Waals surface area contributed by atoms with Gasteiger partial charge in [0.25, 0.3) is 0 Å². The van der Waals surface area contributed by atoms with Crippen molar-refractivity contribution < 1.29 is 4.84 Å². The van der Waals surface area contributed by atoms with E-state index >= 15 is 0 Å². The van der Waals surface area contributed by atoms with Gasteiger partial charge in [-0.3, -0.25) is 0 Å². The molecule has 1 aliphatic rings. The molecule has 2 nitrogen and oxygen atoms in total. The first-order valence-corrected chi connectivity index (χ1v) is 4.61. The van der Waals surface area contributed by atoms with E-state index in [1.807, 2.05) is 6.92 Å². The van der Waals surface area contributed by atoms with Crippen LogP contribution in [0.25, 0.3) is 0 Å². The summed E-state index contributed by atoms with van der Waals surface area (Å²) >= 11 is 0. The SMILES string of the molecule is C=C(C)CON=C1CCCCC1. The highest BCUT2D eigenvalue weighted by Crippen LogP contribution is 2.14. The monoisotopic (exact) mass is 167 g/mol. The van der Waals surface area contributed by atoms with E-state index in [-0.39, 0.29) is 0 Å². The van der Waals surface area contributed by atoms with Gasteiger partial charge < -0.3 is 4.84 Å². The molecule has 0 N–H and O–H groups in total. The average molecular weight is 167 g/mol. The zero-order valence-corrected chi connectivity index (χ0v) is 7.81. The summed E-state index contributed by atoms with van der Waals surface area (Å²) in [7, 11) is 0. The van der Waals surface area contributed by atoms with Crippen LogP contribution in [-0.2, 0) is 4.84 Å². The van der Waals surface area contributed by atoms with Gasteiger partial charge in [0.1, 0.15) is 6.61 Å². The van der Waals surface area contributed by atoms with Crippen LogP contribution >= 0.6 is 0 Å². The lowest BCUT2D eigenvalue weighted by Gasteiger charge is -2.11. The summed E-state index contributed by atoms with van der Waals surface area (Å²) in [6, 6.07) is 0. The molecule has 0 spiro atoms. The molecule has 12 heavy (non-hydrogen) atoms. The molecule has 0 unspecified atom stereocenters. The van der Waals surface area contributed by atoms with Gasteiger partial charge >= 0.3 is 0 Å². The zero-order chi connectivity index (χ0) is 8.81. The Morgan fingerprint density at radius 2 is 2.08 bits per heavy atom. The lowest BCUT2D eigenvalue weighted by molar-refractivity contribution is 0.166. The molecule has 0 heterocycles. The van der Waals surface area contributed by atoms with Crippen LogP contribution in [-0.4, -0.2) is 12.3 Å². The maximum absolute atomic E-state index is 5.12. The Hall–Kier alpha value is -0.790. The quantitative estimate of drug-likeness (QED) is 0.468. The minimum Gasteiger partial charge on any atom is -0.391 e. The van der Waals surface area contributed by atoms with Crippen LogP contribution in [0.5, 0.6) is 0 Å². The molecule has 0 aromatic rings. The summed E-state index contributed by atoms with van der Waals surface area (Å²) in [5, 5.41) is 4.08. The molecule has 0 saturated heterocycles. The van der Waals surface area contributed by atoms with Gasteiger partial charge in [0.2, 0.25) is 0 Å². The van der Waals surface area contributed by atoms with Gasteiger partial charge in [-0.15, -0.1) is 0 Å². The van der Waals surface area contributed by atoms with E-state index in [9.17, 15) is 0 Å². The maximum atomic E-state index is 5.12. The number of hydrogen-bond donors (Lipinski definition) is 0. The highest BCUT2D eigenvalue weighted by atomic mass is 16.6. The molecule has 0 bridgehead atoms. The van der Waals surface area contributed by atoms with Crippen LogP contribution in [0.4, 0.5) is 0 Å². The molecule has 0 atom stereocenters. The molecule has 2 heteroatoms. The van der Waals surface area contributed by atoms with Crippen LogP contribution in [0.1, 0.15) is 39.0 Å². The highest BCUT2D eigenvalue weighted by molar-refractivity contribution is 5.84. The summed E-state index contributed by atoms with van der Waals surface area (Å²) < 4.78 is 0. The molecule has 1 aliphatic carbocycles. The van der Waals surface area contributed by atoms with E-state index in [1.165, 1.54) is 25.0 Å². The van der Waals surface area contributed by atoms with Crippen molar-refractivity contribution in [3.63, 3.8) is 0 Å².